The molecular formula is AuCoCrMoNi. The van der Waals surface area contributed by atoms with Crippen LogP contribution in [0, 0.1) is 0 Å². The summed E-state index contributed by atoms with van der Waals surface area (Å²) in [5.74, 6) is 0. The van der Waals surface area contributed by atoms with E-state index in [4.69, 9.17) is 0 Å². The van der Waals surface area contributed by atoms with E-state index < -0.39 is 0 Å². The molecule has 0 fully saturated rings. The van der Waals surface area contributed by atoms with Crippen LogP contribution in [-0.2, 0) is 94.1 Å². The monoisotopic (exact) mass is 464 g/mol. The van der Waals surface area contributed by atoms with E-state index in [0.717, 1.165) is 0 Å². The van der Waals surface area contributed by atoms with Crippen molar-refractivity contribution in [2.75, 3.05) is 0 Å². The van der Waals surface area contributed by atoms with Crippen molar-refractivity contribution < 1.29 is 94.1 Å². The molecule has 0 saturated heterocycles. The van der Waals surface area contributed by atoms with Gasteiger partial charge in [0.15, 0.2) is 0 Å². The van der Waals surface area contributed by atoms with Gasteiger partial charge >= 0.3 is 0 Å². The molecule has 0 saturated carbocycles. The molecule has 2 radical (unpaired) electrons. The minimum Gasteiger partial charge on any atom is 0 e. The predicted molar refractivity (Wildman–Crippen MR) is 0 cm³/mol. The fraction of sp³-hybridized carbons (Fsp3) is 0. The molecule has 5 heteroatoms. The maximum Gasteiger partial charge on any atom is 0 e. The van der Waals surface area contributed by atoms with Gasteiger partial charge in [0.25, 0.3) is 0 Å². The van der Waals surface area contributed by atoms with Gasteiger partial charge in [-0.05, 0) is 0 Å². The van der Waals surface area contributed by atoms with Crippen LogP contribution < -0.4 is 0 Å². The van der Waals surface area contributed by atoms with Crippen molar-refractivity contribution in [3.8, 4) is 0 Å². The van der Waals surface area contributed by atoms with Gasteiger partial charge in [-0.25, -0.2) is 0 Å². The molecule has 5 heavy (non-hydrogen) atoms. The van der Waals surface area contributed by atoms with Gasteiger partial charge in [-0.1, -0.05) is 0 Å². The molecular weight excluding hydrogens is 463 g/mol. The second kappa shape index (κ2) is 28.2. The Morgan fingerprint density at radius 1 is 1.00 bits per heavy atom. The van der Waals surface area contributed by atoms with Crippen molar-refractivity contribution in [1.82, 2.24) is 0 Å². The van der Waals surface area contributed by atoms with Gasteiger partial charge in [0, 0.05) is 94.1 Å². The quantitative estimate of drug-likeness (QED) is 0.445. The molecule has 0 aromatic carbocycles. The van der Waals surface area contributed by atoms with E-state index in [1.807, 2.05) is 0 Å². The molecule has 0 heterocycles. The minimum absolute atomic E-state index is 0. The zero-order valence-corrected chi connectivity index (χ0v) is 9.24. The van der Waals surface area contributed by atoms with Gasteiger partial charge in [0.05, 0.1) is 0 Å². The second-order valence-corrected chi connectivity index (χ2v) is 0. The van der Waals surface area contributed by atoms with Gasteiger partial charge in [-0.2, -0.15) is 0 Å². The Morgan fingerprint density at radius 2 is 1.00 bits per heavy atom. The largest absolute Gasteiger partial charge is 0 e. The SMILES string of the molecule is [Au].[Co].[Cr].[Mo].[Ni]. The van der Waals surface area contributed by atoms with Gasteiger partial charge in [-0.15, -0.1) is 0 Å². The van der Waals surface area contributed by atoms with E-state index in [-0.39, 0.29) is 94.1 Å². The summed E-state index contributed by atoms with van der Waals surface area (Å²) in [5, 5.41) is 0. The van der Waals surface area contributed by atoms with E-state index in [1.165, 1.54) is 0 Å². The maximum atomic E-state index is 0. The summed E-state index contributed by atoms with van der Waals surface area (Å²) in [6.45, 7) is 0. The zero-order chi connectivity index (χ0) is 0. The summed E-state index contributed by atoms with van der Waals surface area (Å²) in [6.07, 6.45) is 0. The van der Waals surface area contributed by atoms with Crippen LogP contribution in [0.5, 0.6) is 0 Å². The first kappa shape index (κ1) is 44.0. The molecule has 0 amide bonds. The first-order chi connectivity index (χ1) is 0. The van der Waals surface area contributed by atoms with Gasteiger partial charge < -0.3 is 0 Å². The Bertz CT molecular complexity index is 11.6. The molecule has 0 aliphatic carbocycles. The van der Waals surface area contributed by atoms with Crippen LogP contribution in [0.4, 0.5) is 0 Å². The number of hydrogen-bond acceptors (Lipinski definition) is 0. The Balaban J connectivity index is 0. The van der Waals surface area contributed by atoms with Crippen LogP contribution in [0.3, 0.4) is 0 Å². The average molecular weight is 463 g/mol. The third kappa shape index (κ3) is 19.5. The summed E-state index contributed by atoms with van der Waals surface area (Å²) in [5.41, 5.74) is 0. The van der Waals surface area contributed by atoms with Crippen molar-refractivity contribution >= 4 is 0 Å². The Kier molecular flexibility index (Phi) is 248. The van der Waals surface area contributed by atoms with E-state index in [1.54, 1.807) is 0 Å². The smallest absolute Gasteiger partial charge is 0 e. The molecule has 0 atom stereocenters. The van der Waals surface area contributed by atoms with Crippen LogP contribution in [0.1, 0.15) is 0 Å². The minimum atomic E-state index is 0. The molecule has 0 spiro atoms. The molecule has 0 unspecified atom stereocenters. The van der Waals surface area contributed by atoms with Crippen molar-refractivity contribution in [3.05, 3.63) is 0 Å². The summed E-state index contributed by atoms with van der Waals surface area (Å²) < 4.78 is 0. The van der Waals surface area contributed by atoms with E-state index >= 15 is 0 Å². The van der Waals surface area contributed by atoms with Crippen molar-refractivity contribution in [2.45, 2.75) is 0 Å². The van der Waals surface area contributed by atoms with Crippen molar-refractivity contribution in [2.24, 2.45) is 0 Å². The topological polar surface area (TPSA) is 0 Å². The normalized spacial score (nSPS) is 0. The number of rotatable bonds is 0. The van der Waals surface area contributed by atoms with E-state index in [9.17, 15) is 0 Å². The van der Waals surface area contributed by atoms with Crippen LogP contribution >= 0.6 is 0 Å². The predicted octanol–water partition coefficient (Wildman–Crippen LogP) is -0.0125. The number of hydrogen-bond donors (Lipinski definition) is 0. The molecule has 0 aromatic heterocycles. The molecule has 0 aliphatic rings. The Hall–Kier alpha value is 2.96. The fourth-order valence-electron chi connectivity index (χ4n) is 0. The third-order valence-corrected chi connectivity index (χ3v) is 0. The van der Waals surface area contributed by atoms with Crippen molar-refractivity contribution in [1.29, 1.82) is 0 Å². The molecule has 0 aromatic rings. The summed E-state index contributed by atoms with van der Waals surface area (Å²) in [6, 6.07) is 0. The Labute approximate surface area is 92.6 Å². The fourth-order valence-corrected chi connectivity index (χ4v) is 0. The molecule has 0 bridgehead atoms. The zero-order valence-electron chi connectivity index (χ0n) is 1.77. The van der Waals surface area contributed by atoms with Crippen LogP contribution in [0.25, 0.3) is 0 Å². The van der Waals surface area contributed by atoms with E-state index in [2.05, 4.69) is 0 Å². The second-order valence-electron chi connectivity index (χ2n) is 0. The van der Waals surface area contributed by atoms with E-state index in [0.29, 0.717) is 0 Å². The molecule has 0 aliphatic heterocycles. The van der Waals surface area contributed by atoms with Gasteiger partial charge in [-0.3, -0.25) is 0 Å². The van der Waals surface area contributed by atoms with Crippen LogP contribution in [0.15, 0.2) is 0 Å². The first-order valence-corrected chi connectivity index (χ1v) is 0. The maximum absolute atomic E-state index is 0. The van der Waals surface area contributed by atoms with Crippen molar-refractivity contribution in [3.63, 3.8) is 0 Å². The standard InChI is InChI=1S/Au.Co.Cr.Mo.Ni. The van der Waals surface area contributed by atoms with Crippen LogP contribution in [-0.4, -0.2) is 0 Å². The molecule has 42 valence electrons. The summed E-state index contributed by atoms with van der Waals surface area (Å²) in [7, 11) is 0. The van der Waals surface area contributed by atoms with Gasteiger partial charge in [0.2, 0.25) is 0 Å². The molecule has 0 nitrogen and oxygen atoms in total. The van der Waals surface area contributed by atoms with Crippen LogP contribution in [0.2, 0.25) is 0 Å². The Morgan fingerprint density at radius 3 is 1.00 bits per heavy atom. The average Bonchev–Trinajstić information content (AvgIpc) is 0. The molecule has 0 rings (SSSR count). The summed E-state index contributed by atoms with van der Waals surface area (Å²) in [4.78, 5) is 0. The molecule has 0 N–H and O–H groups in total. The van der Waals surface area contributed by atoms with Gasteiger partial charge in [0.1, 0.15) is 0 Å². The summed E-state index contributed by atoms with van der Waals surface area (Å²) >= 11 is 0. The first-order valence-electron chi connectivity index (χ1n) is 0. The third-order valence-electron chi connectivity index (χ3n) is 0.